The molecule has 1 saturated heterocycles. The molecule has 116 valence electrons. The van der Waals surface area contributed by atoms with E-state index in [1.165, 1.54) is 0 Å². The topological polar surface area (TPSA) is 44.8 Å². The smallest absolute Gasteiger partial charge is 0.194 e. The molecule has 1 aliphatic heterocycles. The number of ether oxygens (including phenoxy) is 3. The third-order valence-electron chi connectivity index (χ3n) is 3.75. The summed E-state index contributed by atoms with van der Waals surface area (Å²) in [5.41, 5.74) is -0.0965. The first-order valence-electron chi connectivity index (χ1n) is 7.69. The summed E-state index contributed by atoms with van der Waals surface area (Å²) in [6.07, 6.45) is 2.82. The van der Waals surface area contributed by atoms with Gasteiger partial charge in [0.15, 0.2) is 17.3 Å². The lowest BCUT2D eigenvalue weighted by molar-refractivity contribution is -0.0426. The molecular formula is C17H24O4. The van der Waals surface area contributed by atoms with Crippen LogP contribution in [0.2, 0.25) is 0 Å². The van der Waals surface area contributed by atoms with E-state index in [-0.39, 0.29) is 5.78 Å². The Morgan fingerprint density at radius 2 is 1.90 bits per heavy atom. The second-order valence-electron chi connectivity index (χ2n) is 5.39. The third kappa shape index (κ3) is 3.56. The van der Waals surface area contributed by atoms with Crippen molar-refractivity contribution < 1.29 is 19.0 Å². The zero-order valence-electron chi connectivity index (χ0n) is 13.1. The van der Waals surface area contributed by atoms with Gasteiger partial charge in [-0.2, -0.15) is 0 Å². The molecule has 0 radical (unpaired) electrons. The van der Waals surface area contributed by atoms with Gasteiger partial charge in [0.1, 0.15) is 5.60 Å². The number of Topliss-reactive ketones (excluding diaryl/α,β-unsaturated/α-hetero) is 1. The summed E-state index contributed by atoms with van der Waals surface area (Å²) in [7, 11) is 0. The molecule has 0 spiro atoms. The van der Waals surface area contributed by atoms with Gasteiger partial charge in [0.05, 0.1) is 13.2 Å². The molecule has 0 amide bonds. The Balaban J connectivity index is 2.26. The second kappa shape index (κ2) is 6.94. The summed E-state index contributed by atoms with van der Waals surface area (Å²) in [5, 5.41) is 0. The fraction of sp³-hybridized carbons (Fsp3) is 0.588. The number of rotatable bonds is 6. The van der Waals surface area contributed by atoms with Crippen LogP contribution in [0.4, 0.5) is 0 Å². The minimum atomic E-state index is -0.713. The zero-order valence-corrected chi connectivity index (χ0v) is 13.1. The largest absolute Gasteiger partial charge is 0.490 e. The first-order valence-corrected chi connectivity index (χ1v) is 7.69. The Hall–Kier alpha value is -1.55. The van der Waals surface area contributed by atoms with Gasteiger partial charge in [-0.1, -0.05) is 0 Å². The van der Waals surface area contributed by atoms with Crippen molar-refractivity contribution in [1.29, 1.82) is 0 Å². The number of hydrogen-bond donors (Lipinski definition) is 0. The fourth-order valence-corrected chi connectivity index (χ4v) is 2.61. The normalized spacial score (nSPS) is 21.9. The van der Waals surface area contributed by atoms with Gasteiger partial charge >= 0.3 is 0 Å². The molecule has 1 aliphatic rings. The molecule has 0 N–H and O–H groups in total. The Labute approximate surface area is 126 Å². The second-order valence-corrected chi connectivity index (χ2v) is 5.39. The Bertz CT molecular complexity index is 490. The summed E-state index contributed by atoms with van der Waals surface area (Å²) in [4.78, 5) is 12.7. The zero-order chi connectivity index (χ0) is 15.3. The van der Waals surface area contributed by atoms with E-state index in [1.807, 2.05) is 20.8 Å². The summed E-state index contributed by atoms with van der Waals surface area (Å²) < 4.78 is 16.8. The van der Waals surface area contributed by atoms with E-state index >= 15 is 0 Å². The van der Waals surface area contributed by atoms with Crippen LogP contribution >= 0.6 is 0 Å². The van der Waals surface area contributed by atoms with E-state index < -0.39 is 5.60 Å². The molecule has 1 heterocycles. The van der Waals surface area contributed by atoms with Gasteiger partial charge in [-0.05, 0) is 58.2 Å². The third-order valence-corrected chi connectivity index (χ3v) is 3.75. The lowest BCUT2D eigenvalue weighted by atomic mass is 9.87. The average Bonchev–Trinajstić information content (AvgIpc) is 2.49. The van der Waals surface area contributed by atoms with Gasteiger partial charge in [0.25, 0.3) is 0 Å². The van der Waals surface area contributed by atoms with E-state index in [9.17, 15) is 4.79 Å². The maximum Gasteiger partial charge on any atom is 0.194 e. The summed E-state index contributed by atoms with van der Waals surface area (Å²) in [5.74, 6) is 1.31. The van der Waals surface area contributed by atoms with Gasteiger partial charge < -0.3 is 14.2 Å². The van der Waals surface area contributed by atoms with Crippen LogP contribution in [0.25, 0.3) is 0 Å². The van der Waals surface area contributed by atoms with E-state index in [2.05, 4.69) is 0 Å². The maximum absolute atomic E-state index is 12.7. The average molecular weight is 292 g/mol. The number of benzene rings is 1. The van der Waals surface area contributed by atoms with Crippen LogP contribution in [0.5, 0.6) is 11.5 Å². The van der Waals surface area contributed by atoms with E-state index in [0.717, 1.165) is 19.3 Å². The molecule has 1 unspecified atom stereocenters. The molecule has 4 nitrogen and oxygen atoms in total. The number of carbonyl (C=O) groups excluding carboxylic acids is 1. The van der Waals surface area contributed by atoms with Crippen LogP contribution in [0.3, 0.4) is 0 Å². The van der Waals surface area contributed by atoms with Gasteiger partial charge in [-0.3, -0.25) is 4.79 Å². The number of ketones is 1. The highest BCUT2D eigenvalue weighted by molar-refractivity contribution is 6.02. The lowest BCUT2D eigenvalue weighted by Crippen LogP contribution is -2.41. The SMILES string of the molecule is CCOc1ccc(C(=O)C2(C)CCCCO2)cc1OCC. The maximum atomic E-state index is 12.7. The monoisotopic (exact) mass is 292 g/mol. The first kappa shape index (κ1) is 15.8. The van der Waals surface area contributed by atoms with Gasteiger partial charge in [-0.15, -0.1) is 0 Å². The molecule has 0 aliphatic carbocycles. The molecule has 1 atom stereocenters. The number of hydrogen-bond acceptors (Lipinski definition) is 4. The Morgan fingerprint density at radius 1 is 1.19 bits per heavy atom. The van der Waals surface area contributed by atoms with Crippen LogP contribution in [0.15, 0.2) is 18.2 Å². The number of carbonyl (C=O) groups is 1. The first-order chi connectivity index (χ1) is 10.1. The van der Waals surface area contributed by atoms with Gasteiger partial charge in [-0.25, -0.2) is 0 Å². The van der Waals surface area contributed by atoms with Crippen LogP contribution in [0.1, 0.15) is 50.4 Å². The molecule has 4 heteroatoms. The van der Waals surface area contributed by atoms with E-state index in [4.69, 9.17) is 14.2 Å². The molecule has 1 aromatic carbocycles. The minimum absolute atomic E-state index is 0.0196. The van der Waals surface area contributed by atoms with Crippen LogP contribution in [-0.4, -0.2) is 31.2 Å². The lowest BCUT2D eigenvalue weighted by Gasteiger charge is -2.32. The standard InChI is InChI=1S/C17H24O4/c1-4-19-14-9-8-13(12-15(14)20-5-2)16(18)17(3)10-6-7-11-21-17/h8-9,12H,4-7,10-11H2,1-3H3. The van der Waals surface area contributed by atoms with E-state index in [1.54, 1.807) is 18.2 Å². The van der Waals surface area contributed by atoms with Crippen molar-refractivity contribution in [3.8, 4) is 11.5 Å². The molecule has 1 aromatic rings. The highest BCUT2D eigenvalue weighted by atomic mass is 16.5. The molecule has 0 bridgehead atoms. The quantitative estimate of drug-likeness (QED) is 0.751. The van der Waals surface area contributed by atoms with E-state index in [0.29, 0.717) is 36.9 Å². The van der Waals surface area contributed by atoms with Crippen molar-refractivity contribution in [2.45, 2.75) is 45.6 Å². The molecular weight excluding hydrogens is 268 g/mol. The summed E-state index contributed by atoms with van der Waals surface area (Å²) in [6, 6.07) is 5.35. The van der Waals surface area contributed by atoms with Crippen molar-refractivity contribution in [2.24, 2.45) is 0 Å². The van der Waals surface area contributed by atoms with Crippen molar-refractivity contribution in [3.05, 3.63) is 23.8 Å². The highest BCUT2D eigenvalue weighted by Crippen LogP contribution is 2.33. The van der Waals surface area contributed by atoms with Crippen LogP contribution in [0, 0.1) is 0 Å². The highest BCUT2D eigenvalue weighted by Gasteiger charge is 2.36. The summed E-state index contributed by atoms with van der Waals surface area (Å²) in [6.45, 7) is 7.46. The molecule has 21 heavy (non-hydrogen) atoms. The van der Waals surface area contributed by atoms with Crippen molar-refractivity contribution in [3.63, 3.8) is 0 Å². The van der Waals surface area contributed by atoms with Crippen LogP contribution in [-0.2, 0) is 4.74 Å². The molecule has 2 rings (SSSR count). The fourth-order valence-electron chi connectivity index (χ4n) is 2.61. The van der Waals surface area contributed by atoms with Crippen molar-refractivity contribution in [1.82, 2.24) is 0 Å². The van der Waals surface area contributed by atoms with Crippen LogP contribution < -0.4 is 9.47 Å². The Kier molecular flexibility index (Phi) is 5.23. The van der Waals surface area contributed by atoms with Gasteiger partial charge in [0, 0.05) is 12.2 Å². The van der Waals surface area contributed by atoms with Crippen molar-refractivity contribution in [2.75, 3.05) is 19.8 Å². The Morgan fingerprint density at radius 3 is 2.52 bits per heavy atom. The molecule has 1 fully saturated rings. The minimum Gasteiger partial charge on any atom is -0.490 e. The summed E-state index contributed by atoms with van der Waals surface area (Å²) >= 11 is 0. The predicted molar refractivity (Wildman–Crippen MR) is 81.3 cm³/mol. The molecule has 0 aromatic heterocycles. The van der Waals surface area contributed by atoms with Crippen molar-refractivity contribution >= 4 is 5.78 Å². The predicted octanol–water partition coefficient (Wildman–Crippen LogP) is 3.63. The van der Waals surface area contributed by atoms with Gasteiger partial charge in [0.2, 0.25) is 0 Å². The molecule has 0 saturated carbocycles.